The van der Waals surface area contributed by atoms with Gasteiger partial charge in [-0.3, -0.25) is 14.8 Å². The van der Waals surface area contributed by atoms with Crippen LogP contribution in [0.15, 0.2) is 43.1 Å². The SMILES string of the molecule is O=C(NC(Cc1ccncc1)C(=O)O)C1CCN(c2cnccn2)CC1. The van der Waals surface area contributed by atoms with Gasteiger partial charge in [0.2, 0.25) is 5.91 Å². The summed E-state index contributed by atoms with van der Waals surface area (Å²) >= 11 is 0. The van der Waals surface area contributed by atoms with Crippen LogP contribution >= 0.6 is 0 Å². The van der Waals surface area contributed by atoms with E-state index >= 15 is 0 Å². The first-order valence-corrected chi connectivity index (χ1v) is 8.56. The zero-order valence-electron chi connectivity index (χ0n) is 14.3. The molecule has 1 amide bonds. The maximum absolute atomic E-state index is 12.5. The van der Waals surface area contributed by atoms with E-state index in [1.54, 1.807) is 43.1 Å². The molecule has 26 heavy (non-hydrogen) atoms. The molecular weight excluding hydrogens is 334 g/mol. The van der Waals surface area contributed by atoms with Crippen molar-refractivity contribution in [1.29, 1.82) is 0 Å². The van der Waals surface area contributed by atoms with E-state index < -0.39 is 12.0 Å². The van der Waals surface area contributed by atoms with Gasteiger partial charge in [-0.05, 0) is 30.5 Å². The first-order chi connectivity index (χ1) is 12.6. The van der Waals surface area contributed by atoms with Crippen molar-refractivity contribution in [2.24, 2.45) is 5.92 Å². The first-order valence-electron chi connectivity index (χ1n) is 8.56. The van der Waals surface area contributed by atoms with Crippen molar-refractivity contribution in [3.8, 4) is 0 Å². The van der Waals surface area contributed by atoms with Crippen molar-refractivity contribution < 1.29 is 14.7 Å². The van der Waals surface area contributed by atoms with Crippen LogP contribution in [0.5, 0.6) is 0 Å². The Morgan fingerprint density at radius 1 is 1.15 bits per heavy atom. The van der Waals surface area contributed by atoms with Crippen LogP contribution in [0.2, 0.25) is 0 Å². The number of carbonyl (C=O) groups is 2. The molecule has 8 nitrogen and oxygen atoms in total. The van der Waals surface area contributed by atoms with Gasteiger partial charge in [0, 0.05) is 50.2 Å². The zero-order chi connectivity index (χ0) is 18.4. The van der Waals surface area contributed by atoms with E-state index in [1.807, 2.05) is 0 Å². The van der Waals surface area contributed by atoms with Crippen molar-refractivity contribution in [3.63, 3.8) is 0 Å². The van der Waals surface area contributed by atoms with Crippen LogP contribution in [0.4, 0.5) is 5.82 Å². The molecule has 2 N–H and O–H groups in total. The van der Waals surface area contributed by atoms with Gasteiger partial charge in [-0.1, -0.05) is 0 Å². The first kappa shape index (κ1) is 17.8. The van der Waals surface area contributed by atoms with Crippen molar-refractivity contribution in [2.75, 3.05) is 18.0 Å². The van der Waals surface area contributed by atoms with Crippen molar-refractivity contribution in [3.05, 3.63) is 48.7 Å². The molecule has 0 aliphatic carbocycles. The van der Waals surface area contributed by atoms with Crippen molar-refractivity contribution >= 4 is 17.7 Å². The summed E-state index contributed by atoms with van der Waals surface area (Å²) in [6, 6.07) is 2.56. The van der Waals surface area contributed by atoms with Crippen LogP contribution in [0.3, 0.4) is 0 Å². The van der Waals surface area contributed by atoms with Crippen LogP contribution in [0.1, 0.15) is 18.4 Å². The summed E-state index contributed by atoms with van der Waals surface area (Å²) < 4.78 is 0. The van der Waals surface area contributed by atoms with Gasteiger partial charge in [0.25, 0.3) is 0 Å². The molecule has 2 aromatic rings. The summed E-state index contributed by atoms with van der Waals surface area (Å²) in [5, 5.41) is 12.1. The third-order valence-corrected chi connectivity index (χ3v) is 4.54. The van der Waals surface area contributed by atoms with Gasteiger partial charge in [-0.25, -0.2) is 9.78 Å². The highest BCUT2D eigenvalue weighted by Gasteiger charge is 2.29. The van der Waals surface area contributed by atoms with Crippen LogP contribution in [-0.4, -0.2) is 51.1 Å². The van der Waals surface area contributed by atoms with Crippen molar-refractivity contribution in [2.45, 2.75) is 25.3 Å². The molecule has 1 saturated heterocycles. The number of aliphatic carboxylic acids is 1. The summed E-state index contributed by atoms with van der Waals surface area (Å²) in [6.07, 6.45) is 9.74. The highest BCUT2D eigenvalue weighted by atomic mass is 16.4. The van der Waals surface area contributed by atoms with Gasteiger partial charge in [0.15, 0.2) is 0 Å². The molecule has 1 fully saturated rings. The lowest BCUT2D eigenvalue weighted by molar-refractivity contribution is -0.142. The third kappa shape index (κ3) is 4.53. The Morgan fingerprint density at radius 2 is 1.88 bits per heavy atom. The summed E-state index contributed by atoms with van der Waals surface area (Å²) in [4.78, 5) is 38.3. The van der Waals surface area contributed by atoms with Gasteiger partial charge in [-0.2, -0.15) is 0 Å². The number of carboxylic acid groups (broad SMARTS) is 1. The fourth-order valence-electron chi connectivity index (χ4n) is 3.07. The van der Waals surface area contributed by atoms with Gasteiger partial charge < -0.3 is 15.3 Å². The highest BCUT2D eigenvalue weighted by molar-refractivity contribution is 5.85. The number of amides is 1. The van der Waals surface area contributed by atoms with E-state index in [4.69, 9.17) is 0 Å². The molecule has 0 bridgehead atoms. The Hall–Kier alpha value is -3.03. The second kappa shape index (κ2) is 8.37. The predicted molar refractivity (Wildman–Crippen MR) is 94.5 cm³/mol. The molecule has 0 radical (unpaired) electrons. The fraction of sp³-hybridized carbons (Fsp3) is 0.389. The largest absolute Gasteiger partial charge is 0.480 e. The predicted octanol–water partition coefficient (Wildman–Crippen LogP) is 0.900. The van der Waals surface area contributed by atoms with Crippen LogP contribution in [0, 0.1) is 5.92 Å². The van der Waals surface area contributed by atoms with Gasteiger partial charge in [0.05, 0.1) is 6.20 Å². The molecule has 1 unspecified atom stereocenters. The maximum atomic E-state index is 12.5. The summed E-state index contributed by atoms with van der Waals surface area (Å²) in [6.45, 7) is 1.39. The number of nitrogens with zero attached hydrogens (tertiary/aromatic N) is 4. The van der Waals surface area contributed by atoms with Crippen LogP contribution in [0.25, 0.3) is 0 Å². The topological polar surface area (TPSA) is 108 Å². The van der Waals surface area contributed by atoms with Gasteiger partial charge >= 0.3 is 5.97 Å². The number of nitrogens with one attached hydrogen (secondary N) is 1. The van der Waals surface area contributed by atoms with Gasteiger partial charge in [0.1, 0.15) is 11.9 Å². The van der Waals surface area contributed by atoms with Crippen LogP contribution < -0.4 is 10.2 Å². The molecule has 1 aliphatic heterocycles. The Balaban J connectivity index is 1.54. The molecule has 3 rings (SSSR count). The lowest BCUT2D eigenvalue weighted by Crippen LogP contribution is -2.47. The Morgan fingerprint density at radius 3 is 2.50 bits per heavy atom. The Labute approximate surface area is 151 Å². The number of aromatic nitrogens is 3. The second-order valence-electron chi connectivity index (χ2n) is 6.28. The van der Waals surface area contributed by atoms with E-state index in [-0.39, 0.29) is 18.2 Å². The molecule has 2 aromatic heterocycles. The minimum absolute atomic E-state index is 0.192. The number of carbonyl (C=O) groups excluding carboxylic acids is 1. The normalized spacial score (nSPS) is 16.1. The number of anilines is 1. The van der Waals surface area contributed by atoms with E-state index in [0.717, 1.165) is 11.4 Å². The molecule has 0 spiro atoms. The minimum atomic E-state index is -1.04. The molecule has 0 aromatic carbocycles. The Bertz CT molecular complexity index is 733. The van der Waals surface area contributed by atoms with E-state index in [1.165, 1.54) is 0 Å². The third-order valence-electron chi connectivity index (χ3n) is 4.54. The lowest BCUT2D eigenvalue weighted by atomic mass is 9.95. The quantitative estimate of drug-likeness (QED) is 0.792. The molecular formula is C18H21N5O3. The number of piperidine rings is 1. The summed E-state index contributed by atoms with van der Waals surface area (Å²) in [5.41, 5.74) is 0.824. The average Bonchev–Trinajstić information content (AvgIpc) is 2.69. The summed E-state index contributed by atoms with van der Waals surface area (Å²) in [7, 11) is 0. The summed E-state index contributed by atoms with van der Waals surface area (Å²) in [5.74, 6) is -0.632. The van der Waals surface area contributed by atoms with E-state index in [9.17, 15) is 14.7 Å². The van der Waals surface area contributed by atoms with Gasteiger partial charge in [-0.15, -0.1) is 0 Å². The van der Waals surface area contributed by atoms with E-state index in [0.29, 0.717) is 25.9 Å². The number of hydrogen-bond acceptors (Lipinski definition) is 6. The number of rotatable bonds is 6. The Kier molecular flexibility index (Phi) is 5.73. The smallest absolute Gasteiger partial charge is 0.326 e. The highest BCUT2D eigenvalue weighted by Crippen LogP contribution is 2.21. The number of pyridine rings is 1. The van der Waals surface area contributed by atoms with Crippen LogP contribution in [-0.2, 0) is 16.0 Å². The van der Waals surface area contributed by atoms with E-state index in [2.05, 4.69) is 25.2 Å². The lowest BCUT2D eigenvalue weighted by Gasteiger charge is -2.32. The monoisotopic (exact) mass is 355 g/mol. The second-order valence-corrected chi connectivity index (χ2v) is 6.28. The standard InChI is InChI=1S/C18H21N5O3/c24-17(22-15(18(25)26)11-13-1-5-19-6-2-13)14-3-9-23(10-4-14)16-12-20-7-8-21-16/h1-2,5-8,12,14-15H,3-4,9-11H2,(H,22,24)(H,25,26). The molecule has 3 heterocycles. The molecule has 1 atom stereocenters. The minimum Gasteiger partial charge on any atom is -0.480 e. The number of carboxylic acids is 1. The average molecular weight is 355 g/mol. The molecule has 1 aliphatic rings. The molecule has 8 heteroatoms. The fourth-order valence-corrected chi connectivity index (χ4v) is 3.07. The van der Waals surface area contributed by atoms with Crippen molar-refractivity contribution in [1.82, 2.24) is 20.3 Å². The zero-order valence-corrected chi connectivity index (χ0v) is 14.3. The maximum Gasteiger partial charge on any atom is 0.326 e. The number of hydrogen-bond donors (Lipinski definition) is 2. The molecule has 0 saturated carbocycles. The molecule has 136 valence electrons.